The lowest BCUT2D eigenvalue weighted by molar-refractivity contribution is 0.976. The second kappa shape index (κ2) is 7.03. The molecule has 0 unspecified atom stereocenters. The van der Waals surface area contributed by atoms with Gasteiger partial charge in [0.1, 0.15) is 5.65 Å². The maximum absolute atomic E-state index is 4.97. The van der Waals surface area contributed by atoms with Gasteiger partial charge in [-0.15, -0.1) is 0 Å². The molecule has 2 aromatic heterocycles. The van der Waals surface area contributed by atoms with Crippen LogP contribution in [0.25, 0.3) is 5.65 Å². The largest absolute Gasteiger partial charge is 0.303 e. The Hall–Kier alpha value is -2.87. The van der Waals surface area contributed by atoms with E-state index in [1.807, 2.05) is 0 Å². The van der Waals surface area contributed by atoms with Crippen molar-refractivity contribution >= 4 is 5.65 Å². The molecule has 0 aliphatic carbocycles. The fourth-order valence-electron chi connectivity index (χ4n) is 4.15. The molecule has 0 aliphatic heterocycles. The van der Waals surface area contributed by atoms with Crippen LogP contribution in [0.15, 0.2) is 60.8 Å². The minimum atomic E-state index is 0.865. The fourth-order valence-corrected chi connectivity index (χ4v) is 4.15. The number of rotatable bonds is 4. The lowest BCUT2D eigenvalue weighted by Crippen LogP contribution is -2.01. The van der Waals surface area contributed by atoms with Crippen LogP contribution in [-0.2, 0) is 12.8 Å². The number of nitrogens with zero attached hydrogens (tertiary/aromatic N) is 2. The Bertz CT molecular complexity index is 1080. The van der Waals surface area contributed by atoms with E-state index in [2.05, 4.69) is 92.9 Å². The molecule has 0 radical (unpaired) electrons. The normalized spacial score (nSPS) is 11.3. The molecule has 0 atom stereocenters. The van der Waals surface area contributed by atoms with Crippen LogP contribution in [0.4, 0.5) is 0 Å². The topological polar surface area (TPSA) is 17.3 Å². The second-order valence-corrected chi connectivity index (χ2v) is 7.78. The quantitative estimate of drug-likeness (QED) is 0.456. The molecule has 136 valence electrons. The van der Waals surface area contributed by atoms with Crippen LogP contribution in [0.2, 0.25) is 0 Å². The summed E-state index contributed by atoms with van der Waals surface area (Å²) >= 11 is 0. The summed E-state index contributed by atoms with van der Waals surface area (Å²) in [6.45, 7) is 8.66. The van der Waals surface area contributed by atoms with E-state index in [9.17, 15) is 0 Å². The predicted molar refractivity (Wildman–Crippen MR) is 113 cm³/mol. The first-order chi connectivity index (χ1) is 13.0. The summed E-state index contributed by atoms with van der Waals surface area (Å²) in [4.78, 5) is 4.97. The maximum atomic E-state index is 4.97. The Morgan fingerprint density at radius 2 is 1.26 bits per heavy atom. The predicted octanol–water partition coefficient (Wildman–Crippen LogP) is 5.75. The Morgan fingerprint density at radius 3 is 1.85 bits per heavy atom. The molecule has 2 nitrogen and oxygen atoms in total. The molecule has 0 N–H and O–H groups in total. The molecule has 27 heavy (non-hydrogen) atoms. The van der Waals surface area contributed by atoms with Crippen molar-refractivity contribution in [1.82, 2.24) is 9.38 Å². The van der Waals surface area contributed by atoms with E-state index in [4.69, 9.17) is 4.98 Å². The van der Waals surface area contributed by atoms with Crippen molar-refractivity contribution < 1.29 is 0 Å². The molecule has 2 aromatic carbocycles. The standard InChI is InChI=1S/C25H26N2/c1-17-9-18(2)12-21(11-17)15-23-24(27-8-6-5-7-25(27)26-23)16-22-13-19(3)10-20(4)14-22/h5-14H,15-16H2,1-4H3. The third-order valence-corrected chi connectivity index (χ3v) is 5.02. The molecule has 0 spiro atoms. The van der Waals surface area contributed by atoms with Gasteiger partial charge in [0.15, 0.2) is 0 Å². The van der Waals surface area contributed by atoms with Crippen LogP contribution in [0.3, 0.4) is 0 Å². The Morgan fingerprint density at radius 1 is 0.704 bits per heavy atom. The van der Waals surface area contributed by atoms with Crippen LogP contribution in [-0.4, -0.2) is 9.38 Å². The van der Waals surface area contributed by atoms with Crippen molar-refractivity contribution in [2.45, 2.75) is 40.5 Å². The SMILES string of the molecule is Cc1cc(C)cc(Cc2nc3ccccn3c2Cc2cc(C)cc(C)c2)c1. The number of imidazole rings is 1. The highest BCUT2D eigenvalue weighted by Crippen LogP contribution is 2.22. The van der Waals surface area contributed by atoms with E-state index < -0.39 is 0 Å². The Balaban J connectivity index is 1.79. The number of fused-ring (bicyclic) bond motifs is 1. The van der Waals surface area contributed by atoms with Gasteiger partial charge < -0.3 is 4.40 Å². The van der Waals surface area contributed by atoms with Gasteiger partial charge in [0.05, 0.1) is 11.4 Å². The first-order valence-electron chi connectivity index (χ1n) is 9.57. The summed E-state index contributed by atoms with van der Waals surface area (Å²) in [5, 5.41) is 0. The fraction of sp³-hybridized carbons (Fsp3) is 0.240. The summed E-state index contributed by atoms with van der Waals surface area (Å²) in [6.07, 6.45) is 3.89. The van der Waals surface area contributed by atoms with Crippen molar-refractivity contribution in [3.05, 3.63) is 106 Å². The van der Waals surface area contributed by atoms with Crippen LogP contribution in [0.5, 0.6) is 0 Å². The molecule has 0 aliphatic rings. The summed E-state index contributed by atoms with van der Waals surface area (Å²) in [6, 6.07) is 19.8. The van der Waals surface area contributed by atoms with Gasteiger partial charge >= 0.3 is 0 Å². The minimum absolute atomic E-state index is 0.865. The van der Waals surface area contributed by atoms with Crippen molar-refractivity contribution in [2.24, 2.45) is 0 Å². The molecule has 0 saturated heterocycles. The molecule has 0 amide bonds. The molecule has 4 rings (SSSR count). The maximum Gasteiger partial charge on any atom is 0.137 e. The summed E-state index contributed by atoms with van der Waals surface area (Å²) in [7, 11) is 0. The van der Waals surface area contributed by atoms with Gasteiger partial charge in [-0.05, 0) is 51.0 Å². The lowest BCUT2D eigenvalue weighted by atomic mass is 9.99. The van der Waals surface area contributed by atoms with Crippen LogP contribution >= 0.6 is 0 Å². The molecule has 2 heterocycles. The lowest BCUT2D eigenvalue weighted by Gasteiger charge is -2.09. The minimum Gasteiger partial charge on any atom is -0.303 e. The number of benzene rings is 2. The first kappa shape index (κ1) is 17.5. The number of aromatic nitrogens is 2. The van der Waals surface area contributed by atoms with Crippen LogP contribution < -0.4 is 0 Å². The molecular formula is C25H26N2. The van der Waals surface area contributed by atoms with E-state index in [1.54, 1.807) is 0 Å². The van der Waals surface area contributed by atoms with Gasteiger partial charge in [-0.25, -0.2) is 4.98 Å². The number of hydrogen-bond acceptors (Lipinski definition) is 1. The van der Waals surface area contributed by atoms with Gasteiger partial charge in [-0.3, -0.25) is 0 Å². The number of aryl methyl sites for hydroxylation is 4. The van der Waals surface area contributed by atoms with Crippen LogP contribution in [0, 0.1) is 27.7 Å². The van der Waals surface area contributed by atoms with Crippen molar-refractivity contribution in [2.75, 3.05) is 0 Å². The summed E-state index contributed by atoms with van der Waals surface area (Å²) < 4.78 is 2.25. The molecule has 4 aromatic rings. The van der Waals surface area contributed by atoms with Crippen molar-refractivity contribution in [3.63, 3.8) is 0 Å². The third kappa shape index (κ3) is 3.80. The van der Waals surface area contributed by atoms with E-state index in [0.717, 1.165) is 18.5 Å². The van der Waals surface area contributed by atoms with E-state index in [-0.39, 0.29) is 0 Å². The highest BCUT2D eigenvalue weighted by Gasteiger charge is 2.14. The third-order valence-electron chi connectivity index (χ3n) is 5.02. The van der Waals surface area contributed by atoms with Gasteiger partial charge in [-0.2, -0.15) is 0 Å². The van der Waals surface area contributed by atoms with Crippen LogP contribution in [0.1, 0.15) is 44.8 Å². The van der Waals surface area contributed by atoms with Crippen molar-refractivity contribution in [1.29, 1.82) is 0 Å². The highest BCUT2D eigenvalue weighted by atomic mass is 15.0. The summed E-state index contributed by atoms with van der Waals surface area (Å²) in [5.41, 5.74) is 11.4. The molecule has 0 saturated carbocycles. The molecule has 2 heteroatoms. The second-order valence-electron chi connectivity index (χ2n) is 7.78. The first-order valence-corrected chi connectivity index (χ1v) is 9.57. The van der Waals surface area contributed by atoms with E-state index in [0.29, 0.717) is 0 Å². The average molecular weight is 354 g/mol. The zero-order valence-electron chi connectivity index (χ0n) is 16.6. The molecule has 0 bridgehead atoms. The Kier molecular flexibility index (Phi) is 4.57. The highest BCUT2D eigenvalue weighted by molar-refractivity contribution is 5.46. The van der Waals surface area contributed by atoms with Gasteiger partial charge in [0, 0.05) is 19.0 Å². The number of hydrogen-bond donors (Lipinski definition) is 0. The Labute approximate surface area is 161 Å². The van der Waals surface area contributed by atoms with Gasteiger partial charge in [0.2, 0.25) is 0 Å². The summed E-state index contributed by atoms with van der Waals surface area (Å²) in [5.74, 6) is 0. The van der Waals surface area contributed by atoms with Crippen molar-refractivity contribution in [3.8, 4) is 0 Å². The monoisotopic (exact) mass is 354 g/mol. The molecular weight excluding hydrogens is 328 g/mol. The van der Waals surface area contributed by atoms with Gasteiger partial charge in [0.25, 0.3) is 0 Å². The average Bonchev–Trinajstić information content (AvgIpc) is 2.90. The smallest absolute Gasteiger partial charge is 0.137 e. The number of pyridine rings is 1. The zero-order valence-corrected chi connectivity index (χ0v) is 16.6. The van der Waals surface area contributed by atoms with E-state index in [1.165, 1.54) is 44.8 Å². The van der Waals surface area contributed by atoms with Gasteiger partial charge in [-0.1, -0.05) is 64.7 Å². The van der Waals surface area contributed by atoms with E-state index >= 15 is 0 Å². The zero-order chi connectivity index (χ0) is 19.0. The molecule has 0 fully saturated rings.